The molecule has 1 atom stereocenters. The van der Waals surface area contributed by atoms with Crippen molar-refractivity contribution in [2.75, 3.05) is 66.7 Å². The summed E-state index contributed by atoms with van der Waals surface area (Å²) in [7, 11) is 3.29. The van der Waals surface area contributed by atoms with Gasteiger partial charge in [-0.15, -0.1) is 0 Å². The summed E-state index contributed by atoms with van der Waals surface area (Å²) in [5.41, 5.74) is 0.961. The molecular weight excluding hydrogens is 375 g/mol. The van der Waals surface area contributed by atoms with E-state index in [0.29, 0.717) is 13.2 Å². The number of nitrogens with zero attached hydrogens (tertiary/aromatic N) is 3. The predicted octanol–water partition coefficient (Wildman–Crippen LogP) is 1.72. The fourth-order valence-corrected chi connectivity index (χ4v) is 3.74. The van der Waals surface area contributed by atoms with E-state index >= 15 is 0 Å². The van der Waals surface area contributed by atoms with Crippen LogP contribution in [0.3, 0.4) is 0 Å². The fourth-order valence-electron chi connectivity index (χ4n) is 3.74. The molecule has 2 aliphatic heterocycles. The van der Waals surface area contributed by atoms with Gasteiger partial charge in [-0.2, -0.15) is 0 Å². The summed E-state index contributed by atoms with van der Waals surface area (Å²) < 4.78 is 30.1. The van der Waals surface area contributed by atoms with Crippen LogP contribution >= 0.6 is 0 Å². The number of piperazine rings is 1. The van der Waals surface area contributed by atoms with Crippen molar-refractivity contribution in [2.24, 2.45) is 4.99 Å². The molecule has 0 aliphatic carbocycles. The van der Waals surface area contributed by atoms with Crippen molar-refractivity contribution in [3.63, 3.8) is 0 Å². The van der Waals surface area contributed by atoms with E-state index in [1.807, 2.05) is 13.1 Å². The lowest BCUT2D eigenvalue weighted by Gasteiger charge is -2.36. The summed E-state index contributed by atoms with van der Waals surface area (Å²) in [5, 5.41) is 3.38. The molecule has 1 unspecified atom stereocenters. The van der Waals surface area contributed by atoms with Crippen LogP contribution in [0.25, 0.3) is 0 Å². The number of hydrogen-bond donors (Lipinski definition) is 1. The average molecular weight is 409 g/mol. The van der Waals surface area contributed by atoms with Crippen LogP contribution in [-0.4, -0.2) is 88.6 Å². The molecule has 0 spiro atoms. The standard InChI is InChI=1S/C21H33FN4O3/c1-23-21(24-7-13-28-16-18-4-3-12-29-18)26-10-8-25(9-11-26)15-17-5-6-20(27-2)19(22)14-17/h5-6,14,18H,3-4,7-13,15-16H2,1-2H3,(H,23,24). The number of ether oxygens (including phenoxy) is 3. The highest BCUT2D eigenvalue weighted by molar-refractivity contribution is 5.80. The zero-order valence-electron chi connectivity index (χ0n) is 17.5. The van der Waals surface area contributed by atoms with Gasteiger partial charge in [-0.1, -0.05) is 6.07 Å². The molecule has 0 radical (unpaired) electrons. The molecule has 2 fully saturated rings. The first-order chi connectivity index (χ1) is 14.2. The Labute approximate surface area is 172 Å². The van der Waals surface area contributed by atoms with Gasteiger partial charge in [0.2, 0.25) is 0 Å². The Kier molecular flexibility index (Phi) is 8.52. The van der Waals surface area contributed by atoms with Crippen molar-refractivity contribution >= 4 is 5.96 Å². The van der Waals surface area contributed by atoms with E-state index in [-0.39, 0.29) is 17.7 Å². The third-order valence-electron chi connectivity index (χ3n) is 5.36. The number of guanidine groups is 1. The smallest absolute Gasteiger partial charge is 0.193 e. The minimum atomic E-state index is -0.310. The van der Waals surface area contributed by atoms with E-state index in [9.17, 15) is 4.39 Å². The molecule has 2 heterocycles. The highest BCUT2D eigenvalue weighted by Crippen LogP contribution is 2.19. The number of aliphatic imine (C=N–C) groups is 1. The third-order valence-corrected chi connectivity index (χ3v) is 5.36. The summed E-state index contributed by atoms with van der Waals surface area (Å²) in [6.07, 6.45) is 2.50. The number of rotatable bonds is 8. The second kappa shape index (κ2) is 11.3. The molecule has 2 saturated heterocycles. The van der Waals surface area contributed by atoms with Gasteiger partial charge in [0.25, 0.3) is 0 Å². The van der Waals surface area contributed by atoms with Crippen LogP contribution in [0.5, 0.6) is 5.75 Å². The molecule has 1 aromatic carbocycles. The summed E-state index contributed by atoms with van der Waals surface area (Å²) >= 11 is 0. The van der Waals surface area contributed by atoms with Crippen LogP contribution in [0.15, 0.2) is 23.2 Å². The normalized spacial score (nSPS) is 20.9. The van der Waals surface area contributed by atoms with Gasteiger partial charge in [0.15, 0.2) is 17.5 Å². The Hall–Kier alpha value is -1.90. The Morgan fingerprint density at radius 3 is 2.79 bits per heavy atom. The minimum Gasteiger partial charge on any atom is -0.494 e. The van der Waals surface area contributed by atoms with Crippen molar-refractivity contribution in [2.45, 2.75) is 25.5 Å². The Bertz CT molecular complexity index is 659. The largest absolute Gasteiger partial charge is 0.494 e. The third kappa shape index (κ3) is 6.55. The molecule has 1 aromatic rings. The first-order valence-corrected chi connectivity index (χ1v) is 10.4. The molecule has 0 saturated carbocycles. The van der Waals surface area contributed by atoms with Crippen molar-refractivity contribution < 1.29 is 18.6 Å². The second-order valence-corrected chi connectivity index (χ2v) is 7.42. The molecule has 2 aliphatic rings. The van der Waals surface area contributed by atoms with Crippen molar-refractivity contribution in [1.82, 2.24) is 15.1 Å². The number of halogens is 1. The maximum atomic E-state index is 13.9. The van der Waals surface area contributed by atoms with Crippen LogP contribution in [0, 0.1) is 5.82 Å². The topological polar surface area (TPSA) is 58.6 Å². The highest BCUT2D eigenvalue weighted by atomic mass is 19.1. The number of hydrogen-bond acceptors (Lipinski definition) is 5. The molecule has 1 N–H and O–H groups in total. The summed E-state index contributed by atoms with van der Waals surface area (Å²) in [5.74, 6) is 0.879. The Balaban J connectivity index is 1.35. The first kappa shape index (κ1) is 21.8. The van der Waals surface area contributed by atoms with E-state index < -0.39 is 0 Å². The van der Waals surface area contributed by atoms with Gasteiger partial charge in [0.05, 0.1) is 26.4 Å². The first-order valence-electron chi connectivity index (χ1n) is 10.4. The molecule has 29 heavy (non-hydrogen) atoms. The van der Waals surface area contributed by atoms with E-state index in [0.717, 1.165) is 70.2 Å². The lowest BCUT2D eigenvalue weighted by Crippen LogP contribution is -2.52. The summed E-state index contributed by atoms with van der Waals surface area (Å²) in [4.78, 5) is 8.98. The quantitative estimate of drug-likeness (QED) is 0.402. The fraction of sp³-hybridized carbons (Fsp3) is 0.667. The van der Waals surface area contributed by atoms with Crippen LogP contribution in [0.1, 0.15) is 18.4 Å². The Morgan fingerprint density at radius 1 is 1.31 bits per heavy atom. The molecule has 0 amide bonds. The van der Waals surface area contributed by atoms with Gasteiger partial charge in [0.1, 0.15) is 0 Å². The maximum absolute atomic E-state index is 13.9. The zero-order valence-corrected chi connectivity index (χ0v) is 17.5. The lowest BCUT2D eigenvalue weighted by molar-refractivity contribution is 0.0189. The highest BCUT2D eigenvalue weighted by Gasteiger charge is 2.20. The molecular formula is C21H33FN4O3. The SMILES string of the molecule is CN=C(NCCOCC1CCCO1)N1CCN(Cc2ccc(OC)c(F)c2)CC1. The molecule has 3 rings (SSSR count). The molecule has 162 valence electrons. The van der Waals surface area contributed by atoms with Crippen LogP contribution in [0.2, 0.25) is 0 Å². The van der Waals surface area contributed by atoms with E-state index in [1.54, 1.807) is 12.1 Å². The zero-order chi connectivity index (χ0) is 20.5. The van der Waals surface area contributed by atoms with E-state index in [4.69, 9.17) is 14.2 Å². The molecule has 0 bridgehead atoms. The summed E-state index contributed by atoms with van der Waals surface area (Å²) in [6.45, 7) is 7.21. The van der Waals surface area contributed by atoms with Gasteiger partial charge in [0, 0.05) is 52.9 Å². The van der Waals surface area contributed by atoms with E-state index in [2.05, 4.69) is 20.1 Å². The van der Waals surface area contributed by atoms with Crippen LogP contribution in [0.4, 0.5) is 4.39 Å². The average Bonchev–Trinajstić information content (AvgIpc) is 3.25. The van der Waals surface area contributed by atoms with Crippen molar-refractivity contribution in [3.05, 3.63) is 29.6 Å². The van der Waals surface area contributed by atoms with Crippen molar-refractivity contribution in [1.29, 1.82) is 0 Å². The monoisotopic (exact) mass is 408 g/mol. The summed E-state index contributed by atoms with van der Waals surface area (Å²) in [6, 6.07) is 5.17. The maximum Gasteiger partial charge on any atom is 0.193 e. The number of benzene rings is 1. The predicted molar refractivity (Wildman–Crippen MR) is 111 cm³/mol. The number of nitrogens with one attached hydrogen (secondary N) is 1. The number of methoxy groups -OCH3 is 1. The van der Waals surface area contributed by atoms with Crippen LogP contribution < -0.4 is 10.1 Å². The molecule has 8 heteroatoms. The van der Waals surface area contributed by atoms with Gasteiger partial charge in [-0.25, -0.2) is 4.39 Å². The van der Waals surface area contributed by atoms with Gasteiger partial charge in [-0.3, -0.25) is 9.89 Å². The van der Waals surface area contributed by atoms with Gasteiger partial charge < -0.3 is 24.4 Å². The van der Waals surface area contributed by atoms with Crippen molar-refractivity contribution in [3.8, 4) is 5.75 Å². The lowest BCUT2D eigenvalue weighted by atomic mass is 10.2. The minimum absolute atomic E-state index is 0.265. The van der Waals surface area contributed by atoms with E-state index in [1.165, 1.54) is 7.11 Å². The molecule has 0 aromatic heterocycles. The van der Waals surface area contributed by atoms with Gasteiger partial charge in [-0.05, 0) is 30.5 Å². The van der Waals surface area contributed by atoms with Gasteiger partial charge >= 0.3 is 0 Å². The molecule has 7 nitrogen and oxygen atoms in total. The second-order valence-electron chi connectivity index (χ2n) is 7.42. The Morgan fingerprint density at radius 2 is 2.14 bits per heavy atom. The van der Waals surface area contributed by atoms with Crippen LogP contribution in [-0.2, 0) is 16.0 Å².